The Kier molecular flexibility index (Phi) is 5.66. The van der Waals surface area contributed by atoms with Crippen LogP contribution in [0.3, 0.4) is 0 Å². The molecule has 0 fully saturated rings. The molecule has 0 aliphatic heterocycles. The fourth-order valence-corrected chi connectivity index (χ4v) is 1.61. The van der Waals surface area contributed by atoms with Gasteiger partial charge in [0.2, 0.25) is 0 Å². The van der Waals surface area contributed by atoms with Crippen LogP contribution in [0.2, 0.25) is 0 Å². The topological polar surface area (TPSA) is 34.1 Å². The molecule has 0 heterocycles. The van der Waals surface area contributed by atoms with E-state index in [1.54, 1.807) is 6.92 Å². The van der Waals surface area contributed by atoms with Gasteiger partial charge in [0.15, 0.2) is 0 Å². The normalized spacial score (nSPS) is 14.9. The Morgan fingerprint density at radius 2 is 1.79 bits per heavy atom. The number of hydrogen-bond donors (Lipinski definition) is 0. The summed E-state index contributed by atoms with van der Waals surface area (Å²) in [6.45, 7) is 7.68. The first kappa shape index (κ1) is 13.3. The summed E-state index contributed by atoms with van der Waals surface area (Å²) in [5, 5.41) is 0. The van der Waals surface area contributed by atoms with Crippen LogP contribution < -0.4 is 0 Å². The molecule has 0 bridgehead atoms. The Morgan fingerprint density at radius 1 is 1.21 bits per heavy atom. The zero-order valence-corrected chi connectivity index (χ0v) is 9.85. The maximum Gasteiger partial charge on any atom is 0.132 e. The number of Topliss-reactive ketones (excluding diaryl/α,β-unsaturated/α-hetero) is 2. The quantitative estimate of drug-likeness (QED) is 0.629. The van der Waals surface area contributed by atoms with Gasteiger partial charge >= 0.3 is 0 Å². The summed E-state index contributed by atoms with van der Waals surface area (Å²) in [7, 11) is 0. The molecule has 0 rings (SSSR count). The number of ketones is 2. The highest BCUT2D eigenvalue weighted by molar-refractivity contribution is 5.78. The second-order valence-electron chi connectivity index (χ2n) is 4.44. The largest absolute Gasteiger partial charge is 0.300 e. The Balaban J connectivity index is 4.11. The van der Waals surface area contributed by atoms with Gasteiger partial charge in [0, 0.05) is 19.3 Å². The molecule has 0 aromatic heterocycles. The van der Waals surface area contributed by atoms with Gasteiger partial charge in [-0.2, -0.15) is 0 Å². The first-order valence-corrected chi connectivity index (χ1v) is 5.44. The molecule has 82 valence electrons. The summed E-state index contributed by atoms with van der Waals surface area (Å²) in [5.74, 6) is 0.520. The standard InChI is InChI=1S/C12H22O2/c1-5-11(14)7-8-12(4,6-2)9-10(3)13/h5-9H2,1-4H3. The van der Waals surface area contributed by atoms with E-state index in [9.17, 15) is 9.59 Å². The van der Waals surface area contributed by atoms with Crippen molar-refractivity contribution in [1.29, 1.82) is 0 Å². The van der Waals surface area contributed by atoms with E-state index < -0.39 is 0 Å². The second-order valence-corrected chi connectivity index (χ2v) is 4.44. The van der Waals surface area contributed by atoms with Gasteiger partial charge in [-0.15, -0.1) is 0 Å². The molecule has 0 spiro atoms. The van der Waals surface area contributed by atoms with Gasteiger partial charge in [0.25, 0.3) is 0 Å². The van der Waals surface area contributed by atoms with Crippen LogP contribution in [0.15, 0.2) is 0 Å². The second kappa shape index (κ2) is 5.94. The average Bonchev–Trinajstić information content (AvgIpc) is 2.13. The van der Waals surface area contributed by atoms with Crippen molar-refractivity contribution >= 4 is 11.6 Å². The van der Waals surface area contributed by atoms with Gasteiger partial charge in [0.1, 0.15) is 11.6 Å². The monoisotopic (exact) mass is 198 g/mol. The van der Waals surface area contributed by atoms with E-state index in [4.69, 9.17) is 0 Å². The van der Waals surface area contributed by atoms with E-state index >= 15 is 0 Å². The van der Waals surface area contributed by atoms with Crippen LogP contribution >= 0.6 is 0 Å². The molecule has 0 saturated heterocycles. The SMILES string of the molecule is CCC(=O)CCC(C)(CC)CC(C)=O. The predicted molar refractivity (Wildman–Crippen MR) is 58.2 cm³/mol. The minimum absolute atomic E-state index is 0.0245. The van der Waals surface area contributed by atoms with Crippen LogP contribution in [-0.4, -0.2) is 11.6 Å². The zero-order chi connectivity index (χ0) is 11.2. The number of carbonyl (C=O) groups excluding carboxylic acids is 2. The lowest BCUT2D eigenvalue weighted by atomic mass is 9.78. The van der Waals surface area contributed by atoms with E-state index in [2.05, 4.69) is 13.8 Å². The van der Waals surface area contributed by atoms with Gasteiger partial charge in [-0.1, -0.05) is 27.2 Å². The molecule has 0 amide bonds. The third-order valence-corrected chi connectivity index (χ3v) is 2.93. The van der Waals surface area contributed by atoms with Crippen LogP contribution in [0.1, 0.15) is 59.8 Å². The first-order chi connectivity index (χ1) is 6.43. The van der Waals surface area contributed by atoms with Crippen molar-refractivity contribution in [3.63, 3.8) is 0 Å². The minimum atomic E-state index is 0.0245. The molecular formula is C12H22O2. The Labute approximate surface area is 87.1 Å². The maximum absolute atomic E-state index is 11.2. The van der Waals surface area contributed by atoms with Gasteiger partial charge in [0.05, 0.1) is 0 Å². The maximum atomic E-state index is 11.2. The fraction of sp³-hybridized carbons (Fsp3) is 0.833. The van der Waals surface area contributed by atoms with Gasteiger partial charge in [-0.3, -0.25) is 4.79 Å². The summed E-state index contributed by atoms with van der Waals surface area (Å²) < 4.78 is 0. The average molecular weight is 198 g/mol. The van der Waals surface area contributed by atoms with Crippen molar-refractivity contribution in [3.05, 3.63) is 0 Å². The Morgan fingerprint density at radius 3 is 2.14 bits per heavy atom. The molecule has 1 atom stereocenters. The highest BCUT2D eigenvalue weighted by atomic mass is 16.1. The summed E-state index contributed by atoms with van der Waals surface area (Å²) in [4.78, 5) is 22.2. The van der Waals surface area contributed by atoms with Crippen molar-refractivity contribution in [3.8, 4) is 0 Å². The molecule has 0 N–H and O–H groups in total. The van der Waals surface area contributed by atoms with E-state index in [-0.39, 0.29) is 11.2 Å². The predicted octanol–water partition coefficient (Wildman–Crippen LogP) is 3.14. The van der Waals surface area contributed by atoms with Gasteiger partial charge < -0.3 is 4.79 Å². The molecule has 0 saturated carbocycles. The number of hydrogen-bond acceptors (Lipinski definition) is 2. The van der Waals surface area contributed by atoms with Crippen molar-refractivity contribution in [1.82, 2.24) is 0 Å². The van der Waals surface area contributed by atoms with Crippen LogP contribution in [0.4, 0.5) is 0 Å². The van der Waals surface area contributed by atoms with Crippen molar-refractivity contribution in [2.75, 3.05) is 0 Å². The van der Waals surface area contributed by atoms with Crippen LogP contribution in [-0.2, 0) is 9.59 Å². The molecule has 0 radical (unpaired) electrons. The van der Waals surface area contributed by atoms with E-state index in [1.807, 2.05) is 6.92 Å². The molecule has 0 aliphatic rings. The van der Waals surface area contributed by atoms with E-state index in [0.717, 1.165) is 12.8 Å². The number of carbonyl (C=O) groups is 2. The summed E-state index contributed by atoms with van der Waals surface area (Å²) >= 11 is 0. The summed E-state index contributed by atoms with van der Waals surface area (Å²) in [6, 6.07) is 0. The van der Waals surface area contributed by atoms with Crippen LogP contribution in [0.25, 0.3) is 0 Å². The highest BCUT2D eigenvalue weighted by Gasteiger charge is 2.24. The minimum Gasteiger partial charge on any atom is -0.300 e. The highest BCUT2D eigenvalue weighted by Crippen LogP contribution is 2.31. The van der Waals surface area contributed by atoms with E-state index in [1.165, 1.54) is 0 Å². The molecule has 1 unspecified atom stereocenters. The van der Waals surface area contributed by atoms with Crippen molar-refractivity contribution in [2.24, 2.45) is 5.41 Å². The lowest BCUT2D eigenvalue weighted by molar-refractivity contribution is -0.122. The molecule has 0 aromatic carbocycles. The van der Waals surface area contributed by atoms with Crippen molar-refractivity contribution in [2.45, 2.75) is 59.8 Å². The molecule has 0 aromatic rings. The molecule has 0 aliphatic carbocycles. The lowest BCUT2D eigenvalue weighted by Gasteiger charge is -2.26. The summed E-state index contributed by atoms with van der Waals surface area (Å²) in [6.07, 6.45) is 3.63. The third-order valence-electron chi connectivity index (χ3n) is 2.93. The van der Waals surface area contributed by atoms with Gasteiger partial charge in [-0.05, 0) is 18.8 Å². The van der Waals surface area contributed by atoms with Crippen molar-refractivity contribution < 1.29 is 9.59 Å². The molecule has 14 heavy (non-hydrogen) atoms. The van der Waals surface area contributed by atoms with E-state index in [0.29, 0.717) is 25.0 Å². The zero-order valence-electron chi connectivity index (χ0n) is 9.85. The third kappa shape index (κ3) is 5.15. The molecular weight excluding hydrogens is 176 g/mol. The van der Waals surface area contributed by atoms with Crippen LogP contribution in [0.5, 0.6) is 0 Å². The number of rotatable bonds is 7. The van der Waals surface area contributed by atoms with Crippen LogP contribution in [0, 0.1) is 5.41 Å². The smallest absolute Gasteiger partial charge is 0.132 e. The lowest BCUT2D eigenvalue weighted by Crippen LogP contribution is -2.20. The fourth-order valence-electron chi connectivity index (χ4n) is 1.61. The summed E-state index contributed by atoms with van der Waals surface area (Å²) in [5.41, 5.74) is 0.0245. The van der Waals surface area contributed by atoms with Gasteiger partial charge in [-0.25, -0.2) is 0 Å². The Bertz CT molecular complexity index is 208. The molecule has 2 nitrogen and oxygen atoms in total. The first-order valence-electron chi connectivity index (χ1n) is 5.44. The Hall–Kier alpha value is -0.660. The molecule has 2 heteroatoms.